The first-order valence-electron chi connectivity index (χ1n) is 9.20. The molecule has 6 heteroatoms. The highest BCUT2D eigenvalue weighted by Crippen LogP contribution is 2.35. The van der Waals surface area contributed by atoms with Crippen LogP contribution in [-0.4, -0.2) is 16.9 Å². The number of hydrogen-bond acceptors (Lipinski definition) is 3. The molecule has 0 aliphatic heterocycles. The summed E-state index contributed by atoms with van der Waals surface area (Å²) in [6, 6.07) is 3.32. The Morgan fingerprint density at radius 1 is 1.24 bits per heavy atom. The first kappa shape index (κ1) is 24.1. The van der Waals surface area contributed by atoms with Crippen LogP contribution in [0.4, 0.5) is 13.2 Å². The van der Waals surface area contributed by atoms with Crippen molar-refractivity contribution in [2.24, 2.45) is 10.7 Å². The Morgan fingerprint density at radius 2 is 1.90 bits per heavy atom. The Bertz CT molecular complexity index is 854. The first-order valence-corrected chi connectivity index (χ1v) is 9.20. The second-order valence-corrected chi connectivity index (χ2v) is 6.73. The van der Waals surface area contributed by atoms with Crippen molar-refractivity contribution in [2.75, 3.05) is 0 Å². The summed E-state index contributed by atoms with van der Waals surface area (Å²) in [5.41, 5.74) is 9.55. The van der Waals surface area contributed by atoms with E-state index >= 15 is 0 Å². The van der Waals surface area contributed by atoms with Gasteiger partial charge in [0.25, 0.3) is 0 Å². The quantitative estimate of drug-likeness (QED) is 0.387. The summed E-state index contributed by atoms with van der Waals surface area (Å²) >= 11 is 0. The highest BCUT2D eigenvalue weighted by molar-refractivity contribution is 5.84. The molecule has 1 aromatic rings. The summed E-state index contributed by atoms with van der Waals surface area (Å²) in [4.78, 5) is 8.45. The zero-order valence-electron chi connectivity index (χ0n) is 17.2. The van der Waals surface area contributed by atoms with Gasteiger partial charge >= 0.3 is 6.18 Å². The van der Waals surface area contributed by atoms with E-state index in [9.17, 15) is 13.2 Å². The molecular formula is C23H28F3N3. The predicted octanol–water partition coefficient (Wildman–Crippen LogP) is 6.32. The Balaban J connectivity index is 3.17. The lowest BCUT2D eigenvalue weighted by Gasteiger charge is -2.15. The number of pyridine rings is 1. The molecule has 0 radical (unpaired) electrons. The molecule has 0 amide bonds. The van der Waals surface area contributed by atoms with Gasteiger partial charge in [0.15, 0.2) is 0 Å². The minimum Gasteiger partial charge on any atom is -0.401 e. The summed E-state index contributed by atoms with van der Waals surface area (Å²) in [7, 11) is 0. The normalized spacial score (nSPS) is 13.7. The summed E-state index contributed by atoms with van der Waals surface area (Å²) in [5.74, 6) is 0. The van der Waals surface area contributed by atoms with Crippen molar-refractivity contribution in [3.05, 3.63) is 84.0 Å². The van der Waals surface area contributed by atoms with Crippen LogP contribution >= 0.6 is 0 Å². The molecule has 0 bridgehead atoms. The Hall–Kier alpha value is -2.89. The van der Waals surface area contributed by atoms with Gasteiger partial charge in [-0.2, -0.15) is 13.2 Å². The Kier molecular flexibility index (Phi) is 8.83. The van der Waals surface area contributed by atoms with Gasteiger partial charge in [-0.1, -0.05) is 44.4 Å². The molecule has 29 heavy (non-hydrogen) atoms. The van der Waals surface area contributed by atoms with Crippen LogP contribution in [0.3, 0.4) is 0 Å². The van der Waals surface area contributed by atoms with E-state index in [1.54, 1.807) is 19.1 Å². The van der Waals surface area contributed by atoms with Gasteiger partial charge in [0, 0.05) is 47.9 Å². The van der Waals surface area contributed by atoms with Crippen LogP contribution in [0.5, 0.6) is 0 Å². The minimum atomic E-state index is -4.49. The molecule has 0 atom stereocenters. The van der Waals surface area contributed by atoms with Crippen LogP contribution in [0.1, 0.15) is 44.9 Å². The molecule has 1 rings (SSSR count). The van der Waals surface area contributed by atoms with E-state index in [1.807, 2.05) is 13.8 Å². The van der Waals surface area contributed by atoms with Gasteiger partial charge in [0.2, 0.25) is 0 Å². The van der Waals surface area contributed by atoms with Gasteiger partial charge in [-0.05, 0) is 37.5 Å². The van der Waals surface area contributed by atoms with E-state index < -0.39 is 11.7 Å². The number of rotatable bonds is 9. The average molecular weight is 403 g/mol. The van der Waals surface area contributed by atoms with Gasteiger partial charge < -0.3 is 5.73 Å². The van der Waals surface area contributed by atoms with Crippen LogP contribution in [0, 0.1) is 0 Å². The van der Waals surface area contributed by atoms with E-state index in [1.165, 1.54) is 18.5 Å². The third-order valence-electron chi connectivity index (χ3n) is 4.23. The van der Waals surface area contributed by atoms with Crippen molar-refractivity contribution in [3.63, 3.8) is 0 Å². The second-order valence-electron chi connectivity index (χ2n) is 6.73. The fourth-order valence-corrected chi connectivity index (χ4v) is 2.76. The zero-order valence-corrected chi connectivity index (χ0v) is 17.2. The SMILES string of the molecule is C=CN=C(C)C/C(N)=C(/Cc1ccc(/C(=C/CC)C(=C)C(F)(F)F)cn1)C(=C)C. The number of aliphatic imine (C=N–C) groups is 1. The first-order chi connectivity index (χ1) is 13.5. The molecule has 0 unspecified atom stereocenters. The van der Waals surface area contributed by atoms with Gasteiger partial charge in [-0.3, -0.25) is 9.98 Å². The van der Waals surface area contributed by atoms with E-state index in [2.05, 4.69) is 29.7 Å². The standard InChI is InChI=1S/C23H28F3N3/c1-7-9-20(17(6)23(24,25)26)18-10-11-19(29-14-18)13-21(15(3)4)22(27)12-16(5)28-8-2/h8-11,14H,2-3,6-7,12-13,27H2,1,4-5H3/b20-9+,22-21+,28-16?. The third-order valence-corrected chi connectivity index (χ3v) is 4.23. The fourth-order valence-electron chi connectivity index (χ4n) is 2.76. The van der Waals surface area contributed by atoms with Gasteiger partial charge in [-0.15, -0.1) is 0 Å². The molecule has 156 valence electrons. The monoisotopic (exact) mass is 403 g/mol. The summed E-state index contributed by atoms with van der Waals surface area (Å²) < 4.78 is 39.3. The third kappa shape index (κ3) is 7.22. The highest BCUT2D eigenvalue weighted by atomic mass is 19.4. The number of allylic oxidation sites excluding steroid dienone is 6. The Morgan fingerprint density at radius 3 is 2.34 bits per heavy atom. The molecule has 1 aromatic heterocycles. The number of aromatic nitrogens is 1. The topological polar surface area (TPSA) is 51.3 Å². The van der Waals surface area contributed by atoms with Crippen LogP contribution < -0.4 is 5.73 Å². The molecule has 0 aliphatic carbocycles. The number of hydrogen-bond donors (Lipinski definition) is 1. The van der Waals surface area contributed by atoms with Crippen LogP contribution in [0.2, 0.25) is 0 Å². The lowest BCUT2D eigenvalue weighted by Crippen LogP contribution is -2.13. The largest absolute Gasteiger partial charge is 0.416 e. The molecule has 2 N–H and O–H groups in total. The number of nitrogens with zero attached hydrogens (tertiary/aromatic N) is 2. The number of alkyl halides is 3. The van der Waals surface area contributed by atoms with Gasteiger partial charge in [0.1, 0.15) is 0 Å². The van der Waals surface area contributed by atoms with E-state index in [4.69, 9.17) is 5.73 Å². The van der Waals surface area contributed by atoms with Crippen molar-refractivity contribution < 1.29 is 13.2 Å². The van der Waals surface area contributed by atoms with E-state index in [-0.39, 0.29) is 5.57 Å². The van der Waals surface area contributed by atoms with Crippen LogP contribution in [0.15, 0.2) is 77.8 Å². The molecule has 0 spiro atoms. The molecule has 3 nitrogen and oxygen atoms in total. The Labute approximate surface area is 171 Å². The van der Waals surface area contributed by atoms with Crippen molar-refractivity contribution in [1.82, 2.24) is 4.98 Å². The average Bonchev–Trinajstić information content (AvgIpc) is 2.63. The van der Waals surface area contributed by atoms with E-state index in [0.29, 0.717) is 36.2 Å². The van der Waals surface area contributed by atoms with Crippen LogP contribution in [0.25, 0.3) is 5.57 Å². The minimum absolute atomic E-state index is 0.0468. The fraction of sp³-hybridized carbons (Fsp3) is 0.304. The molecule has 0 aromatic carbocycles. The molecule has 0 saturated heterocycles. The number of halogens is 3. The lowest BCUT2D eigenvalue weighted by atomic mass is 9.96. The maximum absolute atomic E-state index is 13.1. The summed E-state index contributed by atoms with van der Waals surface area (Å²) in [5, 5.41) is 0. The zero-order chi connectivity index (χ0) is 22.2. The van der Waals surface area contributed by atoms with Crippen molar-refractivity contribution in [3.8, 4) is 0 Å². The molecule has 0 aliphatic rings. The molecule has 0 fully saturated rings. The van der Waals surface area contributed by atoms with Gasteiger partial charge in [-0.25, -0.2) is 0 Å². The van der Waals surface area contributed by atoms with Crippen molar-refractivity contribution in [1.29, 1.82) is 0 Å². The van der Waals surface area contributed by atoms with Crippen LogP contribution in [-0.2, 0) is 6.42 Å². The maximum Gasteiger partial charge on any atom is 0.416 e. The maximum atomic E-state index is 13.1. The van der Waals surface area contributed by atoms with Crippen molar-refractivity contribution in [2.45, 2.75) is 46.2 Å². The lowest BCUT2D eigenvalue weighted by molar-refractivity contribution is -0.0867. The van der Waals surface area contributed by atoms with Gasteiger partial charge in [0.05, 0.1) is 5.57 Å². The second kappa shape index (κ2) is 10.6. The highest BCUT2D eigenvalue weighted by Gasteiger charge is 2.34. The van der Waals surface area contributed by atoms with E-state index in [0.717, 1.165) is 16.9 Å². The predicted molar refractivity (Wildman–Crippen MR) is 115 cm³/mol. The number of nitrogens with two attached hydrogens (primary N) is 1. The summed E-state index contributed by atoms with van der Waals surface area (Å²) in [6.45, 7) is 16.2. The smallest absolute Gasteiger partial charge is 0.401 e. The molecule has 0 saturated carbocycles. The van der Waals surface area contributed by atoms with Crippen molar-refractivity contribution >= 4 is 11.3 Å². The summed E-state index contributed by atoms with van der Waals surface area (Å²) in [6.07, 6.45) is 1.26. The molecular weight excluding hydrogens is 375 g/mol. The molecule has 1 heterocycles.